The van der Waals surface area contributed by atoms with Crippen molar-refractivity contribution in [1.29, 1.82) is 0 Å². The first kappa shape index (κ1) is 25.4. The standard InChI is InChI=1S/C19H23F3N4O5S/c1-12(2)24-16(18(27)25-28)11-26(32(3,29)30)14-5-7-15(8-6-14)31-17-9-4-13(10-23-17)19(20,21)22/h4-10,12,16,24,28H,11H2,1-3H3,(H,25,27)/t16-/m0/s1. The van der Waals surface area contributed by atoms with Gasteiger partial charge in [-0.05, 0) is 30.3 Å². The lowest BCUT2D eigenvalue weighted by Gasteiger charge is -2.28. The number of ether oxygens (including phenoxy) is 1. The minimum Gasteiger partial charge on any atom is -0.439 e. The monoisotopic (exact) mass is 476 g/mol. The number of alkyl halides is 3. The first-order valence-electron chi connectivity index (χ1n) is 9.30. The number of hydroxylamine groups is 1. The van der Waals surface area contributed by atoms with Crippen LogP contribution in [0.5, 0.6) is 11.6 Å². The molecule has 32 heavy (non-hydrogen) atoms. The molecule has 3 N–H and O–H groups in total. The molecule has 176 valence electrons. The Morgan fingerprint density at radius 1 is 1.19 bits per heavy atom. The number of pyridine rings is 1. The van der Waals surface area contributed by atoms with Crippen molar-refractivity contribution in [3.05, 3.63) is 48.2 Å². The van der Waals surface area contributed by atoms with Gasteiger partial charge in [-0.2, -0.15) is 13.2 Å². The van der Waals surface area contributed by atoms with E-state index in [4.69, 9.17) is 9.94 Å². The second kappa shape index (κ2) is 10.1. The first-order chi connectivity index (χ1) is 14.8. The zero-order chi connectivity index (χ0) is 24.1. The molecule has 0 aliphatic heterocycles. The largest absolute Gasteiger partial charge is 0.439 e. The summed E-state index contributed by atoms with van der Waals surface area (Å²) in [6, 6.07) is 6.31. The van der Waals surface area contributed by atoms with Gasteiger partial charge in [0.05, 0.1) is 24.1 Å². The zero-order valence-electron chi connectivity index (χ0n) is 17.4. The lowest BCUT2D eigenvalue weighted by Crippen LogP contribution is -2.53. The van der Waals surface area contributed by atoms with E-state index in [0.717, 1.165) is 22.7 Å². The molecule has 0 fully saturated rings. The molecular formula is C19H23F3N4O5S. The van der Waals surface area contributed by atoms with E-state index >= 15 is 0 Å². The number of nitrogens with zero attached hydrogens (tertiary/aromatic N) is 2. The zero-order valence-corrected chi connectivity index (χ0v) is 18.2. The van der Waals surface area contributed by atoms with Crippen LogP contribution < -0.4 is 19.8 Å². The Bertz CT molecular complexity index is 1010. The minimum atomic E-state index is -4.52. The van der Waals surface area contributed by atoms with Crippen molar-refractivity contribution in [1.82, 2.24) is 15.8 Å². The van der Waals surface area contributed by atoms with Gasteiger partial charge in [-0.25, -0.2) is 18.9 Å². The van der Waals surface area contributed by atoms with Gasteiger partial charge in [0.2, 0.25) is 15.9 Å². The molecule has 2 aromatic rings. The molecule has 0 saturated heterocycles. The Hall–Kier alpha value is -2.90. The number of anilines is 1. The molecule has 13 heteroatoms. The molecule has 0 spiro atoms. The third-order valence-electron chi connectivity index (χ3n) is 4.12. The number of hydrogen-bond acceptors (Lipinski definition) is 7. The van der Waals surface area contributed by atoms with Crippen molar-refractivity contribution in [2.75, 3.05) is 17.1 Å². The van der Waals surface area contributed by atoms with Crippen LogP contribution >= 0.6 is 0 Å². The van der Waals surface area contributed by atoms with E-state index in [1.54, 1.807) is 13.8 Å². The van der Waals surface area contributed by atoms with E-state index in [-0.39, 0.29) is 29.9 Å². The Kier molecular flexibility index (Phi) is 8.04. The summed E-state index contributed by atoms with van der Waals surface area (Å²) in [6.45, 7) is 3.21. The Labute approximate surface area is 183 Å². The quantitative estimate of drug-likeness (QED) is 0.376. The molecule has 2 rings (SSSR count). The Morgan fingerprint density at radius 2 is 1.81 bits per heavy atom. The van der Waals surface area contributed by atoms with Crippen LogP contribution in [-0.2, 0) is 21.0 Å². The van der Waals surface area contributed by atoms with Crippen molar-refractivity contribution < 1.29 is 36.3 Å². The fourth-order valence-corrected chi connectivity index (χ4v) is 3.62. The van der Waals surface area contributed by atoms with Crippen molar-refractivity contribution in [3.8, 4) is 11.6 Å². The smallest absolute Gasteiger partial charge is 0.417 e. The SMILES string of the molecule is CC(C)N[C@@H](CN(c1ccc(Oc2ccc(C(F)(F)F)cn2)cc1)S(C)(=O)=O)C(=O)NO. The van der Waals surface area contributed by atoms with Gasteiger partial charge >= 0.3 is 6.18 Å². The lowest BCUT2D eigenvalue weighted by atomic mass is 10.2. The number of amides is 1. The van der Waals surface area contributed by atoms with Crippen LogP contribution in [-0.4, -0.2) is 49.4 Å². The first-order valence-corrected chi connectivity index (χ1v) is 11.1. The normalized spacial score (nSPS) is 13.0. The summed E-state index contributed by atoms with van der Waals surface area (Å²) in [5.41, 5.74) is 0.802. The van der Waals surface area contributed by atoms with Crippen LogP contribution in [0.25, 0.3) is 0 Å². The van der Waals surface area contributed by atoms with Gasteiger partial charge < -0.3 is 10.1 Å². The maximum Gasteiger partial charge on any atom is 0.417 e. The minimum absolute atomic E-state index is 0.0773. The topological polar surface area (TPSA) is 121 Å². The number of carbonyl (C=O) groups excluding carboxylic acids is 1. The summed E-state index contributed by atoms with van der Waals surface area (Å²) >= 11 is 0. The average Bonchev–Trinajstić information content (AvgIpc) is 2.70. The van der Waals surface area contributed by atoms with E-state index in [1.807, 2.05) is 0 Å². The van der Waals surface area contributed by atoms with Gasteiger partial charge in [0.25, 0.3) is 5.91 Å². The number of hydrogen-bond donors (Lipinski definition) is 3. The van der Waals surface area contributed by atoms with Crippen LogP contribution in [0.15, 0.2) is 42.6 Å². The van der Waals surface area contributed by atoms with E-state index in [1.165, 1.54) is 29.7 Å². The maximum absolute atomic E-state index is 12.6. The third kappa shape index (κ3) is 7.07. The van der Waals surface area contributed by atoms with Crippen LogP contribution in [0.2, 0.25) is 0 Å². The third-order valence-corrected chi connectivity index (χ3v) is 5.28. The van der Waals surface area contributed by atoms with Gasteiger partial charge in [-0.1, -0.05) is 13.8 Å². The predicted octanol–water partition coefficient (Wildman–Crippen LogP) is 2.53. The number of nitrogens with one attached hydrogen (secondary N) is 2. The van der Waals surface area contributed by atoms with Crippen molar-refractivity contribution in [3.63, 3.8) is 0 Å². The highest BCUT2D eigenvalue weighted by Crippen LogP contribution is 2.30. The summed E-state index contributed by atoms with van der Waals surface area (Å²) in [4.78, 5) is 15.6. The molecule has 1 atom stereocenters. The molecule has 0 aliphatic rings. The van der Waals surface area contributed by atoms with Crippen LogP contribution in [0.4, 0.5) is 18.9 Å². The lowest BCUT2D eigenvalue weighted by molar-refractivity contribution is -0.137. The Morgan fingerprint density at radius 3 is 2.25 bits per heavy atom. The van der Waals surface area contributed by atoms with Crippen LogP contribution in [0, 0.1) is 0 Å². The van der Waals surface area contributed by atoms with E-state index < -0.39 is 33.7 Å². The number of rotatable bonds is 9. The summed E-state index contributed by atoms with van der Waals surface area (Å²) in [5, 5.41) is 11.8. The molecular weight excluding hydrogens is 453 g/mol. The number of halogens is 3. The molecule has 9 nitrogen and oxygen atoms in total. The van der Waals surface area contributed by atoms with Gasteiger partial charge in [0.15, 0.2) is 0 Å². The van der Waals surface area contributed by atoms with Gasteiger partial charge in [0.1, 0.15) is 11.8 Å². The van der Waals surface area contributed by atoms with Crippen molar-refractivity contribution in [2.24, 2.45) is 0 Å². The second-order valence-corrected chi connectivity index (χ2v) is 9.03. The highest BCUT2D eigenvalue weighted by atomic mass is 32.2. The molecule has 1 amide bonds. The molecule has 1 aromatic heterocycles. The predicted molar refractivity (Wildman–Crippen MR) is 110 cm³/mol. The van der Waals surface area contributed by atoms with Gasteiger partial charge in [-0.3, -0.25) is 14.3 Å². The van der Waals surface area contributed by atoms with Crippen molar-refractivity contribution in [2.45, 2.75) is 32.1 Å². The highest BCUT2D eigenvalue weighted by molar-refractivity contribution is 7.92. The summed E-state index contributed by atoms with van der Waals surface area (Å²) in [5.74, 6) is -0.674. The average molecular weight is 476 g/mol. The van der Waals surface area contributed by atoms with Gasteiger partial charge in [0, 0.05) is 18.3 Å². The summed E-state index contributed by atoms with van der Waals surface area (Å²) < 4.78 is 68.9. The molecule has 0 unspecified atom stereocenters. The number of aromatic nitrogens is 1. The van der Waals surface area contributed by atoms with Crippen LogP contribution in [0.3, 0.4) is 0 Å². The number of benzene rings is 1. The molecule has 1 aromatic carbocycles. The molecule has 1 heterocycles. The molecule has 0 aliphatic carbocycles. The van der Waals surface area contributed by atoms with E-state index in [2.05, 4.69) is 10.3 Å². The fourth-order valence-electron chi connectivity index (χ4n) is 2.70. The summed E-state index contributed by atoms with van der Waals surface area (Å²) in [7, 11) is -3.81. The highest BCUT2D eigenvalue weighted by Gasteiger charge is 2.31. The van der Waals surface area contributed by atoms with Crippen LogP contribution in [0.1, 0.15) is 19.4 Å². The second-order valence-electron chi connectivity index (χ2n) is 7.12. The van der Waals surface area contributed by atoms with E-state index in [0.29, 0.717) is 6.20 Å². The number of carbonyl (C=O) groups is 1. The molecule has 0 radical (unpaired) electrons. The van der Waals surface area contributed by atoms with Crippen molar-refractivity contribution >= 4 is 21.6 Å². The van der Waals surface area contributed by atoms with Gasteiger partial charge in [-0.15, -0.1) is 0 Å². The van der Waals surface area contributed by atoms with E-state index in [9.17, 15) is 26.4 Å². The summed E-state index contributed by atoms with van der Waals surface area (Å²) in [6.07, 6.45) is -2.91. The Balaban J connectivity index is 2.22. The maximum atomic E-state index is 12.6. The molecule has 0 saturated carbocycles. The molecule has 0 bridgehead atoms. The number of sulfonamides is 1. The fraction of sp³-hybridized carbons (Fsp3) is 0.368.